The van der Waals surface area contributed by atoms with E-state index in [1.165, 1.54) is 18.6 Å². The van der Waals surface area contributed by atoms with Crippen molar-refractivity contribution in [1.82, 2.24) is 19.7 Å². The molecule has 0 radical (unpaired) electrons. The van der Waals surface area contributed by atoms with Gasteiger partial charge in [-0.15, -0.1) is 10.2 Å². The van der Waals surface area contributed by atoms with E-state index in [1.807, 2.05) is 4.90 Å². The third kappa shape index (κ3) is 3.10. The topological polar surface area (TPSA) is 51.0 Å². The molecule has 0 N–H and O–H groups in total. The van der Waals surface area contributed by atoms with E-state index in [1.54, 1.807) is 6.07 Å². The van der Waals surface area contributed by atoms with E-state index in [0.29, 0.717) is 16.6 Å². The maximum atomic E-state index is 13.3. The number of hydrogen-bond donors (Lipinski definition) is 0. The number of fused-ring (bicyclic) bond motifs is 1. The normalized spacial score (nSPS) is 20.4. The Balaban J connectivity index is 1.65. The zero-order valence-corrected chi connectivity index (χ0v) is 15.5. The number of carbonyl (C=O) groups is 1. The fourth-order valence-corrected chi connectivity index (χ4v) is 4.37. The van der Waals surface area contributed by atoms with Crippen molar-refractivity contribution in [3.8, 4) is 0 Å². The lowest BCUT2D eigenvalue weighted by Gasteiger charge is -2.25. The molecule has 132 valence electrons. The molecule has 3 heterocycles. The Labute approximate surface area is 154 Å². The molecule has 1 fully saturated rings. The van der Waals surface area contributed by atoms with E-state index in [9.17, 15) is 9.18 Å². The molecular formula is C18H20BrFN4O. The van der Waals surface area contributed by atoms with E-state index in [0.717, 1.165) is 50.3 Å². The number of rotatable bonds is 2. The smallest absolute Gasteiger partial charge is 0.255 e. The van der Waals surface area contributed by atoms with Gasteiger partial charge in [0.15, 0.2) is 5.82 Å². The van der Waals surface area contributed by atoms with Crippen molar-refractivity contribution >= 4 is 21.8 Å². The van der Waals surface area contributed by atoms with Gasteiger partial charge in [0.1, 0.15) is 11.6 Å². The van der Waals surface area contributed by atoms with Gasteiger partial charge in [0.2, 0.25) is 0 Å². The highest BCUT2D eigenvalue weighted by Crippen LogP contribution is 2.34. The Kier molecular flexibility index (Phi) is 4.58. The number of nitrogens with zero attached hydrogens (tertiary/aromatic N) is 4. The summed E-state index contributed by atoms with van der Waals surface area (Å²) in [5.74, 6) is 1.50. The summed E-state index contributed by atoms with van der Waals surface area (Å²) in [6.45, 7) is 1.62. The van der Waals surface area contributed by atoms with Gasteiger partial charge >= 0.3 is 0 Å². The summed E-state index contributed by atoms with van der Waals surface area (Å²) in [6, 6.07) is 4.15. The summed E-state index contributed by atoms with van der Waals surface area (Å²) in [5, 5.41) is 8.80. The number of benzene rings is 1. The molecule has 1 amide bonds. The van der Waals surface area contributed by atoms with Gasteiger partial charge in [-0.3, -0.25) is 4.79 Å². The highest BCUT2D eigenvalue weighted by molar-refractivity contribution is 9.10. The van der Waals surface area contributed by atoms with Crippen LogP contribution in [0.1, 0.15) is 60.2 Å². The Morgan fingerprint density at radius 1 is 1.16 bits per heavy atom. The molecule has 1 unspecified atom stereocenters. The number of halogens is 2. The molecular weight excluding hydrogens is 387 g/mol. The standard InChI is InChI=1S/C18H20BrFN4O/c19-14-11-12(20)7-8-13(14)18(25)23-10-4-5-15(23)17-22-21-16-6-2-1-3-9-24(16)17/h7-8,11,15H,1-6,9-10H2. The molecule has 0 saturated carbocycles. The molecule has 2 aromatic rings. The number of aromatic nitrogens is 3. The molecule has 1 atom stereocenters. The van der Waals surface area contributed by atoms with Gasteiger partial charge in [0.25, 0.3) is 5.91 Å². The van der Waals surface area contributed by atoms with Crippen LogP contribution in [0, 0.1) is 5.82 Å². The zero-order chi connectivity index (χ0) is 17.4. The van der Waals surface area contributed by atoms with Crippen LogP contribution in [0.5, 0.6) is 0 Å². The molecule has 5 nitrogen and oxygen atoms in total. The van der Waals surface area contributed by atoms with Crippen LogP contribution in [-0.4, -0.2) is 32.1 Å². The molecule has 0 spiro atoms. The zero-order valence-electron chi connectivity index (χ0n) is 13.9. The fourth-order valence-electron chi connectivity index (χ4n) is 3.85. The summed E-state index contributed by atoms with van der Waals surface area (Å²) < 4.78 is 16.0. The van der Waals surface area contributed by atoms with Crippen LogP contribution in [0.2, 0.25) is 0 Å². The lowest BCUT2D eigenvalue weighted by molar-refractivity contribution is 0.0726. The molecule has 2 aliphatic rings. The lowest BCUT2D eigenvalue weighted by atomic mass is 10.1. The average molecular weight is 407 g/mol. The molecule has 0 aliphatic carbocycles. The van der Waals surface area contributed by atoms with E-state index in [2.05, 4.69) is 30.7 Å². The molecule has 0 bridgehead atoms. The Hall–Kier alpha value is -1.76. The van der Waals surface area contributed by atoms with Crippen LogP contribution >= 0.6 is 15.9 Å². The first-order valence-corrected chi connectivity index (χ1v) is 9.62. The second-order valence-electron chi connectivity index (χ2n) is 6.72. The van der Waals surface area contributed by atoms with Crippen molar-refractivity contribution in [2.24, 2.45) is 0 Å². The largest absolute Gasteiger partial charge is 0.328 e. The van der Waals surface area contributed by atoms with Crippen molar-refractivity contribution in [2.45, 2.75) is 51.1 Å². The number of aryl methyl sites for hydroxylation is 1. The van der Waals surface area contributed by atoms with Gasteiger partial charge in [0, 0.05) is 24.0 Å². The first-order chi connectivity index (χ1) is 12.1. The van der Waals surface area contributed by atoms with Crippen LogP contribution in [0.4, 0.5) is 4.39 Å². The van der Waals surface area contributed by atoms with E-state index < -0.39 is 0 Å². The van der Waals surface area contributed by atoms with E-state index >= 15 is 0 Å². The monoisotopic (exact) mass is 406 g/mol. The molecule has 2 aliphatic heterocycles. The molecule has 1 aromatic heterocycles. The maximum Gasteiger partial charge on any atom is 0.255 e. The number of amides is 1. The number of carbonyl (C=O) groups excluding carboxylic acids is 1. The number of likely N-dealkylation sites (tertiary alicyclic amines) is 1. The van der Waals surface area contributed by atoms with Crippen LogP contribution < -0.4 is 0 Å². The SMILES string of the molecule is O=C(c1ccc(F)cc1Br)N1CCCC1c1nnc2n1CCCCC2. The summed E-state index contributed by atoms with van der Waals surface area (Å²) in [6.07, 6.45) is 6.27. The van der Waals surface area contributed by atoms with Gasteiger partial charge in [-0.1, -0.05) is 6.42 Å². The summed E-state index contributed by atoms with van der Waals surface area (Å²) >= 11 is 3.31. The summed E-state index contributed by atoms with van der Waals surface area (Å²) in [7, 11) is 0. The van der Waals surface area contributed by atoms with E-state index in [4.69, 9.17) is 0 Å². The molecule has 25 heavy (non-hydrogen) atoms. The van der Waals surface area contributed by atoms with Crippen molar-refractivity contribution in [3.63, 3.8) is 0 Å². The maximum absolute atomic E-state index is 13.3. The Bertz CT molecular complexity index is 806. The average Bonchev–Trinajstić information content (AvgIpc) is 3.15. The van der Waals surface area contributed by atoms with Crippen molar-refractivity contribution < 1.29 is 9.18 Å². The van der Waals surface area contributed by atoms with Crippen LogP contribution in [0.15, 0.2) is 22.7 Å². The third-order valence-electron chi connectivity index (χ3n) is 5.11. The molecule has 7 heteroatoms. The predicted octanol–water partition coefficient (Wildman–Crippen LogP) is 3.88. The minimum atomic E-state index is -0.357. The highest BCUT2D eigenvalue weighted by atomic mass is 79.9. The van der Waals surface area contributed by atoms with E-state index in [-0.39, 0.29) is 17.8 Å². The third-order valence-corrected chi connectivity index (χ3v) is 5.77. The van der Waals surface area contributed by atoms with Gasteiger partial charge in [0.05, 0.1) is 11.6 Å². The number of hydrogen-bond acceptors (Lipinski definition) is 3. The first kappa shape index (κ1) is 16.7. The minimum Gasteiger partial charge on any atom is -0.328 e. The highest BCUT2D eigenvalue weighted by Gasteiger charge is 2.35. The van der Waals surface area contributed by atoms with Crippen LogP contribution in [0.25, 0.3) is 0 Å². The van der Waals surface area contributed by atoms with Gasteiger partial charge < -0.3 is 9.47 Å². The van der Waals surface area contributed by atoms with Crippen molar-refractivity contribution in [1.29, 1.82) is 0 Å². The molecule has 1 saturated heterocycles. The van der Waals surface area contributed by atoms with Crippen LogP contribution in [0.3, 0.4) is 0 Å². The quantitative estimate of drug-likeness (QED) is 0.759. The van der Waals surface area contributed by atoms with Crippen molar-refractivity contribution in [2.75, 3.05) is 6.54 Å². The lowest BCUT2D eigenvalue weighted by Crippen LogP contribution is -2.32. The van der Waals surface area contributed by atoms with Gasteiger partial charge in [-0.2, -0.15) is 0 Å². The van der Waals surface area contributed by atoms with Crippen LogP contribution in [-0.2, 0) is 13.0 Å². The van der Waals surface area contributed by atoms with Gasteiger partial charge in [-0.05, 0) is 59.8 Å². The minimum absolute atomic E-state index is 0.0520. The Morgan fingerprint density at radius 2 is 2.04 bits per heavy atom. The molecule has 4 rings (SSSR count). The predicted molar refractivity (Wildman–Crippen MR) is 94.7 cm³/mol. The fraction of sp³-hybridized carbons (Fsp3) is 0.500. The second kappa shape index (κ2) is 6.86. The Morgan fingerprint density at radius 3 is 2.88 bits per heavy atom. The first-order valence-electron chi connectivity index (χ1n) is 8.83. The van der Waals surface area contributed by atoms with Crippen molar-refractivity contribution in [3.05, 3.63) is 45.7 Å². The molecule has 1 aromatic carbocycles. The second-order valence-corrected chi connectivity index (χ2v) is 7.57. The summed E-state index contributed by atoms with van der Waals surface area (Å²) in [4.78, 5) is 14.9. The summed E-state index contributed by atoms with van der Waals surface area (Å²) in [5.41, 5.74) is 0.490. The van der Waals surface area contributed by atoms with Gasteiger partial charge in [-0.25, -0.2) is 4.39 Å².